The van der Waals surface area contributed by atoms with Crippen LogP contribution in [0.15, 0.2) is 103 Å². The van der Waals surface area contributed by atoms with Crippen LogP contribution in [0.5, 0.6) is 0 Å². The van der Waals surface area contributed by atoms with Gasteiger partial charge in [-0.1, -0.05) is 103 Å². The lowest BCUT2D eigenvalue weighted by Crippen LogP contribution is -2.67. The van der Waals surface area contributed by atoms with Gasteiger partial charge < -0.3 is 75.3 Å². The minimum atomic E-state index is -1.65. The summed E-state index contributed by atoms with van der Waals surface area (Å²) < 4.78 is 40.7. The first-order chi connectivity index (χ1) is 28.6. The highest BCUT2D eigenvalue weighted by Crippen LogP contribution is 2.32. The Hall–Kier alpha value is -5.15. The van der Waals surface area contributed by atoms with E-state index in [4.69, 9.17) is 38.9 Å². The average molecular weight is 823 g/mol. The van der Waals surface area contributed by atoms with E-state index in [-0.39, 0.29) is 32.8 Å². The summed E-state index contributed by atoms with van der Waals surface area (Å²) in [6, 6.07) is 23.9. The predicted octanol–water partition coefficient (Wildman–Crippen LogP) is 1.09. The molecule has 3 amide bonds. The normalized spacial score (nSPS) is 30.2. The van der Waals surface area contributed by atoms with Crippen LogP contribution in [0.3, 0.4) is 0 Å². The van der Waals surface area contributed by atoms with E-state index in [2.05, 4.69) is 16.0 Å². The molecule has 6 rings (SSSR count). The van der Waals surface area contributed by atoms with Crippen LogP contribution in [0.25, 0.3) is 0 Å². The van der Waals surface area contributed by atoms with Gasteiger partial charge in [0.2, 0.25) is 0 Å². The third-order valence-electron chi connectivity index (χ3n) is 9.91. The Morgan fingerprint density at radius 1 is 0.644 bits per heavy atom. The van der Waals surface area contributed by atoms with Gasteiger partial charge in [-0.3, -0.25) is 0 Å². The number of amides is 3. The van der Waals surface area contributed by atoms with Gasteiger partial charge in [0.1, 0.15) is 56.4 Å². The largest absolute Gasteiger partial charge is 0.445 e. The number of rotatable bonds is 15. The molecule has 0 unspecified atom stereocenters. The van der Waals surface area contributed by atoms with E-state index in [0.717, 1.165) is 16.7 Å². The fourth-order valence-electron chi connectivity index (χ4n) is 6.75. The average Bonchev–Trinajstić information content (AvgIpc) is 3.53. The number of carbonyl (C=O) groups excluding carboxylic acids is 3. The number of alkyl carbamates (subject to hydrolysis) is 3. The molecule has 9 N–H and O–H groups in total. The lowest BCUT2D eigenvalue weighted by atomic mass is 9.84. The van der Waals surface area contributed by atoms with Crippen LogP contribution in [0.4, 0.5) is 14.4 Å². The molecule has 3 aliphatic rings. The first kappa shape index (κ1) is 43.4. The Morgan fingerprint density at radius 3 is 1.71 bits per heavy atom. The highest BCUT2D eigenvalue weighted by Gasteiger charge is 2.52. The van der Waals surface area contributed by atoms with Crippen LogP contribution in [0.1, 0.15) is 23.1 Å². The van der Waals surface area contributed by atoms with E-state index in [1.165, 1.54) is 0 Å². The minimum absolute atomic E-state index is 0.0298. The zero-order valence-electron chi connectivity index (χ0n) is 31.9. The number of aliphatic hydroxyl groups is 4. The van der Waals surface area contributed by atoms with Gasteiger partial charge in [0.05, 0.1) is 31.4 Å². The van der Waals surface area contributed by atoms with Gasteiger partial charge in [0.15, 0.2) is 12.6 Å². The van der Waals surface area contributed by atoms with Crippen LogP contribution in [0, 0.1) is 0 Å². The number of benzene rings is 3. The molecule has 12 atom stereocenters. The molecule has 2 fully saturated rings. The summed E-state index contributed by atoms with van der Waals surface area (Å²) in [5.74, 6) is 0. The third-order valence-corrected chi connectivity index (χ3v) is 9.91. The fraction of sp³-hybridized carbons (Fsp3) is 0.439. The molecular weight excluding hydrogens is 772 g/mol. The molecule has 1 saturated heterocycles. The maximum Gasteiger partial charge on any atom is 0.408 e. The number of nitrogens with one attached hydrogen (secondary N) is 3. The van der Waals surface area contributed by atoms with Crippen molar-refractivity contribution in [3.63, 3.8) is 0 Å². The molecule has 3 aromatic rings. The Bertz CT molecular complexity index is 1810. The molecule has 318 valence electrons. The van der Waals surface area contributed by atoms with E-state index in [0.29, 0.717) is 0 Å². The Labute approximate surface area is 340 Å². The Balaban J connectivity index is 1.22. The van der Waals surface area contributed by atoms with E-state index in [1.807, 2.05) is 42.5 Å². The number of ether oxygens (including phenoxy) is 7. The van der Waals surface area contributed by atoms with Gasteiger partial charge in [-0.05, 0) is 23.1 Å². The van der Waals surface area contributed by atoms with Crippen LogP contribution < -0.4 is 21.7 Å². The van der Waals surface area contributed by atoms with Crippen molar-refractivity contribution in [2.45, 2.75) is 99.7 Å². The first-order valence-corrected chi connectivity index (χ1v) is 19.2. The van der Waals surface area contributed by atoms with Crippen LogP contribution >= 0.6 is 0 Å². The van der Waals surface area contributed by atoms with Gasteiger partial charge in [-0.25, -0.2) is 14.4 Å². The molecule has 0 bridgehead atoms. The van der Waals surface area contributed by atoms with E-state index < -0.39 is 98.3 Å². The zero-order valence-corrected chi connectivity index (χ0v) is 31.9. The van der Waals surface area contributed by atoms with E-state index in [9.17, 15) is 34.8 Å². The number of hydrogen-bond acceptors (Lipinski definition) is 15. The maximum absolute atomic E-state index is 13.3. The molecule has 0 aromatic heterocycles. The van der Waals surface area contributed by atoms with Crippen molar-refractivity contribution in [1.82, 2.24) is 16.0 Å². The quantitative estimate of drug-likeness (QED) is 0.0789. The minimum Gasteiger partial charge on any atom is -0.445 e. The second kappa shape index (κ2) is 21.2. The van der Waals surface area contributed by atoms with Crippen LogP contribution in [-0.2, 0) is 53.0 Å². The summed E-state index contributed by atoms with van der Waals surface area (Å²) in [6.45, 7) is -0.825. The molecule has 59 heavy (non-hydrogen) atoms. The molecule has 0 radical (unpaired) electrons. The van der Waals surface area contributed by atoms with Gasteiger partial charge in [0.25, 0.3) is 0 Å². The van der Waals surface area contributed by atoms with Crippen molar-refractivity contribution in [1.29, 1.82) is 0 Å². The van der Waals surface area contributed by atoms with Crippen molar-refractivity contribution >= 4 is 18.3 Å². The summed E-state index contributed by atoms with van der Waals surface area (Å²) in [6.07, 6.45) is -11.9. The van der Waals surface area contributed by atoms with Gasteiger partial charge in [-0.2, -0.15) is 0 Å². The topological polar surface area (TPSA) is 259 Å². The van der Waals surface area contributed by atoms with E-state index >= 15 is 0 Å². The maximum atomic E-state index is 13.3. The second-order valence-electron chi connectivity index (χ2n) is 14.2. The number of nitrogens with two attached hydrogens (primary N) is 1. The van der Waals surface area contributed by atoms with E-state index in [1.54, 1.807) is 60.7 Å². The smallest absolute Gasteiger partial charge is 0.408 e. The number of carbonyl (C=O) groups is 3. The molecule has 2 aliphatic heterocycles. The van der Waals surface area contributed by atoms with Gasteiger partial charge in [0, 0.05) is 6.04 Å². The SMILES string of the molecule is N[C@@H]1C[C@H](NC(=O)OCc2ccccc2)[C@@H](O[C@H]2O[C@H](CNC(=O)OCc3ccccc3)C=C[C@H]2NC(=O)OCc2ccccc2)[C@H](O[C@@H]2O[C@H](CO)[C@@H](O)[C@H]2O)[C@H]1O. The van der Waals surface area contributed by atoms with Crippen LogP contribution in [0.2, 0.25) is 0 Å². The highest BCUT2D eigenvalue weighted by atomic mass is 16.7. The Kier molecular flexibility index (Phi) is 15.6. The first-order valence-electron chi connectivity index (χ1n) is 19.2. The standard InChI is InChI=1S/C41H50N4O14/c42-28-18-30(45-41(52)55-23-26-14-8-3-9-15-26)35(36(32(28)47)59-38-34(49)33(48)31(20-46)57-38)58-37-29(44-40(51)54-22-25-12-6-2-7-13-25)17-16-27(56-37)19-43-39(50)53-21-24-10-4-1-5-11-24/h1-17,27-38,46-49H,18-23,42H2,(H,43,50)(H,44,51)(H,45,52)/t27-,28+,29+,30-,31+,32-,33+,34+,35+,36+,37+,38-/m0/s1. The summed E-state index contributed by atoms with van der Waals surface area (Å²) in [4.78, 5) is 39.0. The number of aliphatic hydroxyl groups excluding tert-OH is 4. The molecule has 18 heteroatoms. The molecule has 3 aromatic carbocycles. The second-order valence-corrected chi connectivity index (χ2v) is 14.2. The molecule has 0 spiro atoms. The molecule has 1 saturated carbocycles. The lowest BCUT2D eigenvalue weighted by Gasteiger charge is -2.46. The Morgan fingerprint density at radius 2 is 1.17 bits per heavy atom. The molecule has 18 nitrogen and oxygen atoms in total. The van der Waals surface area contributed by atoms with Crippen molar-refractivity contribution < 1.29 is 68.0 Å². The van der Waals surface area contributed by atoms with Crippen molar-refractivity contribution in [3.05, 3.63) is 120 Å². The van der Waals surface area contributed by atoms with Crippen molar-refractivity contribution in [2.24, 2.45) is 5.73 Å². The zero-order chi connectivity index (χ0) is 41.7. The van der Waals surface area contributed by atoms with Gasteiger partial charge in [-0.15, -0.1) is 0 Å². The summed E-state index contributed by atoms with van der Waals surface area (Å²) in [7, 11) is 0. The van der Waals surface area contributed by atoms with Gasteiger partial charge >= 0.3 is 18.3 Å². The summed E-state index contributed by atoms with van der Waals surface area (Å²) >= 11 is 0. The fourth-order valence-corrected chi connectivity index (χ4v) is 6.75. The van der Waals surface area contributed by atoms with Crippen molar-refractivity contribution in [3.8, 4) is 0 Å². The van der Waals surface area contributed by atoms with Crippen molar-refractivity contribution in [2.75, 3.05) is 13.2 Å². The predicted molar refractivity (Wildman–Crippen MR) is 206 cm³/mol. The molecular formula is C41H50N4O14. The highest BCUT2D eigenvalue weighted by molar-refractivity contribution is 5.68. The molecule has 2 heterocycles. The lowest BCUT2D eigenvalue weighted by molar-refractivity contribution is -0.281. The summed E-state index contributed by atoms with van der Waals surface area (Å²) in [5.41, 5.74) is 8.61. The monoisotopic (exact) mass is 822 g/mol. The molecule has 1 aliphatic carbocycles. The summed E-state index contributed by atoms with van der Waals surface area (Å²) in [5, 5.41) is 50.5. The number of hydrogen-bond donors (Lipinski definition) is 8. The van der Waals surface area contributed by atoms with Crippen LogP contribution in [-0.4, -0.2) is 125 Å². The third kappa shape index (κ3) is 12.2.